The van der Waals surface area contributed by atoms with Gasteiger partial charge in [0, 0.05) is 80.4 Å². The van der Waals surface area contributed by atoms with E-state index in [1.165, 1.54) is 86.6 Å². The van der Waals surface area contributed by atoms with Crippen molar-refractivity contribution in [2.45, 2.75) is 184 Å². The van der Waals surface area contributed by atoms with Gasteiger partial charge in [-0.05, 0) is 134 Å². The molecule has 2 aliphatic heterocycles. The van der Waals surface area contributed by atoms with E-state index in [9.17, 15) is 72.5 Å². The minimum atomic E-state index is -1.95. The Hall–Kier alpha value is -12.5. The molecule has 20 N–H and O–H groups in total. The maximum absolute atomic E-state index is 15.4. The van der Waals surface area contributed by atoms with Crippen LogP contribution in [0.1, 0.15) is 101 Å². The average Bonchev–Trinajstić information content (AvgIpc) is 1.66. The third-order valence-corrected chi connectivity index (χ3v) is 19.4. The number of urea groups is 2. The molecule has 12 atom stereocenters. The largest absolute Gasteiger partial charge is 0.394 e. The first-order valence-corrected chi connectivity index (χ1v) is 38.3. The number of nitrogens with one attached hydrogen (secondary N) is 14. The molecule has 2 fully saturated rings. The Bertz CT molecular complexity index is 4510. The van der Waals surface area contributed by atoms with Crippen LogP contribution in [0.4, 0.5) is 21.0 Å². The van der Waals surface area contributed by atoms with Crippen molar-refractivity contribution < 1.29 is 82.1 Å². The van der Waals surface area contributed by atoms with Gasteiger partial charge in [-0.1, -0.05) is 110 Å². The van der Waals surface area contributed by atoms with Gasteiger partial charge in [0.15, 0.2) is 0 Å². The first-order chi connectivity index (χ1) is 55.3. The molecule has 0 spiro atoms. The summed E-state index contributed by atoms with van der Waals surface area (Å²) in [5, 5.41) is 60.9. The Labute approximate surface area is 673 Å². The number of pyridine rings is 1. The van der Waals surface area contributed by atoms with Crippen LogP contribution in [0.2, 0.25) is 5.02 Å². The summed E-state index contributed by atoms with van der Waals surface area (Å²) in [6.07, 6.45) is 0.861. The summed E-state index contributed by atoms with van der Waals surface area (Å²) in [5.74, 6) is -11.5. The molecule has 0 bridgehead atoms. The predicted octanol–water partition coefficient (Wildman–Crippen LogP) is -0.151. The third kappa shape index (κ3) is 27.4. The normalized spacial score (nSPS) is 16.4. The van der Waals surface area contributed by atoms with Crippen molar-refractivity contribution in [1.29, 1.82) is 0 Å². The minimum Gasteiger partial charge on any atom is -0.394 e. The number of carbonyl (C=O) groups is 15. The molecule has 36 heteroatoms. The molecule has 8 rings (SSSR count). The summed E-state index contributed by atoms with van der Waals surface area (Å²) in [5.41, 5.74) is 13.3. The molecule has 0 saturated carbocycles. The molecule has 0 radical (unpaired) electrons. The SMILES string of the molecule is CC(=O)N[C@H](Cc1ccc2ccccc2c1)C(=O)N[C@H](Cc1ccc(Cl)cc1)C(=O)N[C@H](Cc1cccnc1)C(=O)N[C@@H](CO)C(=O)N[C@@H](Cc1ccc(NC(=O)C2CC(=O)NC(=O)N2)cc1)C(=O)N[C@H](Cc1ccc(NC(N)=O)cc1)C(=O)N[C@H](C(=O)N[C@@H](CCCCNC(C)C)C(=O)N1CCC[C@H]1C(=O)N[C@H](C)C(N)=O)C(C)O. The van der Waals surface area contributed by atoms with Gasteiger partial charge in [-0.15, -0.1) is 0 Å². The van der Waals surface area contributed by atoms with Crippen LogP contribution in [-0.4, -0.2) is 207 Å². The van der Waals surface area contributed by atoms with Gasteiger partial charge in [-0.25, -0.2) is 9.59 Å². The van der Waals surface area contributed by atoms with Gasteiger partial charge < -0.3 is 95.7 Å². The highest BCUT2D eigenvalue weighted by Gasteiger charge is 2.41. The highest BCUT2D eigenvalue weighted by atomic mass is 35.5. The number of aromatic nitrogens is 1. The molecule has 5 aromatic carbocycles. The summed E-state index contributed by atoms with van der Waals surface area (Å²) < 4.78 is 0. The van der Waals surface area contributed by atoms with E-state index in [1.807, 2.05) is 55.6 Å². The van der Waals surface area contributed by atoms with Crippen LogP contribution >= 0.6 is 11.6 Å². The highest BCUT2D eigenvalue weighted by molar-refractivity contribution is 6.30. The summed E-state index contributed by atoms with van der Waals surface area (Å²) >= 11 is 6.26. The molecular formula is C80H99ClN18O17. The maximum Gasteiger partial charge on any atom is 0.322 e. The van der Waals surface area contributed by atoms with Crippen molar-refractivity contribution in [2.24, 2.45) is 11.5 Å². The van der Waals surface area contributed by atoms with E-state index >= 15 is 9.59 Å². The number of carbonyl (C=O) groups excluding carboxylic acids is 15. The Morgan fingerprint density at radius 3 is 1.57 bits per heavy atom. The third-order valence-electron chi connectivity index (χ3n) is 19.2. The van der Waals surface area contributed by atoms with Crippen LogP contribution in [-0.2, 0) is 94.4 Å². The Kier molecular flexibility index (Phi) is 33.1. The van der Waals surface area contributed by atoms with Gasteiger partial charge in [-0.3, -0.25) is 72.6 Å². The van der Waals surface area contributed by atoms with Crippen LogP contribution in [0.5, 0.6) is 0 Å². The number of aliphatic hydroxyl groups excluding tert-OH is 2. The number of nitrogens with two attached hydrogens (primary N) is 2. The second-order valence-corrected chi connectivity index (χ2v) is 29.2. The fourth-order valence-corrected chi connectivity index (χ4v) is 13.2. The molecule has 35 nitrogen and oxygen atoms in total. The van der Waals surface area contributed by atoms with E-state index in [0.717, 1.165) is 10.8 Å². The standard InChI is InChI=1S/C80H99ClN18O17/c1-43(2)85-32-9-8-15-57(78(114)99-33-11-16-65(99)76(112)86-44(3)68(82)104)90-77(113)67(45(4)101)98-74(110)61(37-49-22-29-56(30-23-49)89-79(83)115)92-72(108)60(36-48-20-27-55(28-21-48)88-69(105)63-40-66(103)97-80(116)96-63)94-75(111)64(42-100)95-73(109)62(39-51-12-10-31-84-41-51)93-71(107)59(35-47-18-25-54(81)26-19-47)91-70(106)58(87-46(5)102)38-50-17-24-52-13-6-7-14-53(52)34-50/h6-7,10,12-14,17-31,34,41,43-45,57-65,67,85,100-101H,8-9,11,15-16,32-33,35-40,42H2,1-5H3,(H2,82,104)(H,86,112)(H,87,102)(H,88,105)(H,90,113)(H,91,106)(H,92,108)(H,93,107)(H,94,111)(H,95,109)(H,98,110)(H3,83,89,115)(H2,96,97,103,116)/t44-,45?,57+,58-,59-,60+,61-,62-,63?,64+,65+,67+/m1/s1. The van der Waals surface area contributed by atoms with E-state index in [0.29, 0.717) is 53.1 Å². The zero-order valence-electron chi connectivity index (χ0n) is 64.6. The lowest BCUT2D eigenvalue weighted by molar-refractivity contribution is -0.143. The Morgan fingerprint density at radius 2 is 1.05 bits per heavy atom. The highest BCUT2D eigenvalue weighted by Crippen LogP contribution is 2.23. The van der Waals surface area contributed by atoms with Crippen LogP contribution < -0.4 is 85.9 Å². The Morgan fingerprint density at radius 1 is 0.552 bits per heavy atom. The zero-order chi connectivity index (χ0) is 84.3. The lowest BCUT2D eigenvalue weighted by Crippen LogP contribution is -2.62. The van der Waals surface area contributed by atoms with E-state index < -0.39 is 181 Å². The van der Waals surface area contributed by atoms with E-state index in [2.05, 4.69) is 74.1 Å². The molecule has 17 amide bonds. The van der Waals surface area contributed by atoms with Crippen LogP contribution in [0.25, 0.3) is 10.8 Å². The van der Waals surface area contributed by atoms with E-state index in [4.69, 9.17) is 23.1 Å². The number of halogens is 1. The number of amides is 17. The lowest BCUT2D eigenvalue weighted by Gasteiger charge is -2.31. The monoisotopic (exact) mass is 1620 g/mol. The average molecular weight is 1620 g/mol. The molecule has 6 aromatic rings. The van der Waals surface area contributed by atoms with Crippen LogP contribution in [0.15, 0.2) is 140 Å². The number of rotatable bonds is 40. The first kappa shape index (κ1) is 89.1. The fraction of sp³-hybridized carbons (Fsp3) is 0.400. The van der Waals surface area contributed by atoms with Crippen molar-refractivity contribution in [1.82, 2.24) is 73.7 Å². The number of unbranched alkanes of at least 4 members (excludes halogenated alkanes) is 1. The van der Waals surface area contributed by atoms with Gasteiger partial charge in [0.1, 0.15) is 66.5 Å². The summed E-state index contributed by atoms with van der Waals surface area (Å²) in [6.45, 7) is 7.15. The zero-order valence-corrected chi connectivity index (χ0v) is 65.4. The first-order valence-electron chi connectivity index (χ1n) is 37.9. The van der Waals surface area contributed by atoms with Gasteiger partial charge in [0.2, 0.25) is 76.8 Å². The smallest absolute Gasteiger partial charge is 0.322 e. The van der Waals surface area contributed by atoms with E-state index in [-0.39, 0.29) is 68.0 Å². The van der Waals surface area contributed by atoms with E-state index in [1.54, 1.807) is 42.5 Å². The number of benzene rings is 5. The molecule has 3 heterocycles. The molecular weight excluding hydrogens is 1520 g/mol. The van der Waals surface area contributed by atoms with Crippen molar-refractivity contribution in [3.63, 3.8) is 0 Å². The van der Waals surface area contributed by atoms with Gasteiger partial charge in [0.05, 0.1) is 19.1 Å². The second-order valence-electron chi connectivity index (χ2n) is 28.8. The van der Waals surface area contributed by atoms with Crippen LogP contribution in [0.3, 0.4) is 0 Å². The van der Waals surface area contributed by atoms with Gasteiger partial charge >= 0.3 is 12.1 Å². The maximum atomic E-state index is 15.4. The fourth-order valence-electron chi connectivity index (χ4n) is 13.0. The minimum absolute atomic E-state index is 0.00431. The lowest BCUT2D eigenvalue weighted by atomic mass is 9.99. The van der Waals surface area contributed by atoms with Crippen molar-refractivity contribution in [3.05, 3.63) is 173 Å². The number of hydrogen-bond acceptors (Lipinski definition) is 19. The van der Waals surface area contributed by atoms with Crippen LogP contribution in [0, 0.1) is 0 Å². The number of nitrogens with zero attached hydrogens (tertiary/aromatic N) is 2. The van der Waals surface area contributed by atoms with Crippen molar-refractivity contribution >= 4 is 123 Å². The number of hydrogen-bond donors (Lipinski definition) is 18. The van der Waals surface area contributed by atoms with Gasteiger partial charge in [-0.2, -0.15) is 0 Å². The van der Waals surface area contributed by atoms with Crippen molar-refractivity contribution in [2.75, 3.05) is 30.3 Å². The number of aliphatic hydroxyl groups is 2. The molecule has 0 aliphatic carbocycles. The van der Waals surface area contributed by atoms with Crippen molar-refractivity contribution in [3.8, 4) is 0 Å². The quantitative estimate of drug-likeness (QED) is 0.0222. The molecule has 116 heavy (non-hydrogen) atoms. The number of fused-ring (bicyclic) bond motifs is 1. The summed E-state index contributed by atoms with van der Waals surface area (Å²) in [6, 6.07) is 15.9. The summed E-state index contributed by atoms with van der Waals surface area (Å²) in [7, 11) is 0. The number of primary amides is 2. The molecule has 618 valence electrons. The number of likely N-dealkylation sites (tertiary alicyclic amines) is 1. The Balaban J connectivity index is 1.09. The van der Waals surface area contributed by atoms with Gasteiger partial charge in [0.25, 0.3) is 0 Å². The summed E-state index contributed by atoms with van der Waals surface area (Å²) in [4.78, 5) is 212. The topological polar surface area (TPSA) is 533 Å². The molecule has 2 unspecified atom stereocenters. The number of anilines is 2. The number of imide groups is 1. The molecule has 1 aromatic heterocycles. The molecule has 2 saturated heterocycles. The predicted molar refractivity (Wildman–Crippen MR) is 426 cm³/mol. The second kappa shape index (κ2) is 43.1. The molecule has 2 aliphatic rings.